The number of carboxylic acid groups (broad SMARTS) is 2. The Labute approximate surface area is 157 Å². The van der Waals surface area contributed by atoms with E-state index in [4.69, 9.17) is 0 Å². The number of amides is 2. The van der Waals surface area contributed by atoms with Crippen LogP contribution in [0.1, 0.15) is 21.0 Å². The fourth-order valence-electron chi connectivity index (χ4n) is 3.09. The third kappa shape index (κ3) is 2.80. The molecule has 0 aliphatic rings. The number of hydrogen-bond donors (Lipinski definition) is 4. The molecular formula is C19H14N4O5. The Balaban J connectivity index is 1.72. The summed E-state index contributed by atoms with van der Waals surface area (Å²) in [6.45, 7) is 0. The van der Waals surface area contributed by atoms with Crippen molar-refractivity contribution in [2.45, 2.75) is 0 Å². The first-order valence-electron chi connectivity index (χ1n) is 8.21. The van der Waals surface area contributed by atoms with Crippen molar-refractivity contribution in [3.63, 3.8) is 0 Å². The average Bonchev–Trinajstić information content (AvgIpc) is 3.21. The number of rotatable bonds is 4. The first-order chi connectivity index (χ1) is 13.5. The van der Waals surface area contributed by atoms with Gasteiger partial charge in [0.15, 0.2) is 0 Å². The molecule has 2 aromatic heterocycles. The molecule has 140 valence electrons. The van der Waals surface area contributed by atoms with Crippen LogP contribution in [0.3, 0.4) is 0 Å². The second-order valence-corrected chi connectivity index (χ2v) is 6.01. The summed E-state index contributed by atoms with van der Waals surface area (Å²) in [5.74, 6) is -2.43. The van der Waals surface area contributed by atoms with Crippen LogP contribution >= 0.6 is 0 Å². The summed E-state index contributed by atoms with van der Waals surface area (Å²) >= 11 is 0. The SMILES string of the molecule is O=C(Nn1c(C(=O)O)cc2ccccc21)Nn1c(C(=O)O)cc2ccccc21. The number of carbonyl (C=O) groups is 3. The molecule has 2 amide bonds. The van der Waals surface area contributed by atoms with Gasteiger partial charge in [-0.15, -0.1) is 0 Å². The van der Waals surface area contributed by atoms with E-state index >= 15 is 0 Å². The molecule has 9 nitrogen and oxygen atoms in total. The Hall–Kier alpha value is -4.27. The molecule has 4 rings (SSSR count). The molecule has 9 heteroatoms. The zero-order valence-electron chi connectivity index (χ0n) is 14.3. The highest BCUT2D eigenvalue weighted by Crippen LogP contribution is 2.20. The van der Waals surface area contributed by atoms with Gasteiger partial charge in [-0.3, -0.25) is 0 Å². The van der Waals surface area contributed by atoms with Gasteiger partial charge in [0.1, 0.15) is 11.4 Å². The van der Waals surface area contributed by atoms with Gasteiger partial charge in [-0.05, 0) is 24.3 Å². The predicted octanol–water partition coefficient (Wildman–Crippen LogP) is 2.90. The van der Waals surface area contributed by atoms with Gasteiger partial charge >= 0.3 is 18.0 Å². The minimum atomic E-state index is -1.21. The largest absolute Gasteiger partial charge is 0.477 e. The van der Waals surface area contributed by atoms with Crippen molar-refractivity contribution in [1.29, 1.82) is 0 Å². The molecular weight excluding hydrogens is 364 g/mol. The maximum Gasteiger partial charge on any atom is 0.354 e. The van der Waals surface area contributed by atoms with Crippen molar-refractivity contribution in [3.05, 3.63) is 72.1 Å². The number of urea groups is 1. The lowest BCUT2D eigenvalue weighted by Gasteiger charge is -2.14. The third-order valence-corrected chi connectivity index (χ3v) is 4.29. The summed E-state index contributed by atoms with van der Waals surface area (Å²) in [6, 6.07) is 15.8. The van der Waals surface area contributed by atoms with E-state index in [9.17, 15) is 24.6 Å². The molecule has 4 aromatic rings. The van der Waals surface area contributed by atoms with E-state index in [-0.39, 0.29) is 11.4 Å². The van der Waals surface area contributed by atoms with Crippen molar-refractivity contribution in [2.24, 2.45) is 0 Å². The second kappa shape index (κ2) is 6.47. The average molecular weight is 378 g/mol. The smallest absolute Gasteiger partial charge is 0.354 e. The summed E-state index contributed by atoms with van der Waals surface area (Å²) < 4.78 is 2.28. The van der Waals surface area contributed by atoms with Crippen molar-refractivity contribution in [1.82, 2.24) is 9.35 Å². The Morgan fingerprint density at radius 2 is 1.07 bits per heavy atom. The fraction of sp³-hybridized carbons (Fsp3) is 0. The molecule has 0 saturated carbocycles. The quantitative estimate of drug-likeness (QED) is 0.434. The highest BCUT2D eigenvalue weighted by Gasteiger charge is 2.19. The molecule has 0 fully saturated rings. The summed E-state index contributed by atoms with van der Waals surface area (Å²) in [6.07, 6.45) is 0. The van der Waals surface area contributed by atoms with Gasteiger partial charge in [0.25, 0.3) is 0 Å². The van der Waals surface area contributed by atoms with E-state index in [1.54, 1.807) is 48.5 Å². The molecule has 0 unspecified atom stereocenters. The number of aromatic nitrogens is 2. The van der Waals surface area contributed by atoms with Crippen molar-refractivity contribution < 1.29 is 24.6 Å². The topological polar surface area (TPSA) is 126 Å². The maximum atomic E-state index is 12.6. The highest BCUT2D eigenvalue weighted by atomic mass is 16.4. The van der Waals surface area contributed by atoms with E-state index in [2.05, 4.69) is 10.9 Å². The number of benzene rings is 2. The monoisotopic (exact) mass is 378 g/mol. The van der Waals surface area contributed by atoms with E-state index in [0.717, 1.165) is 9.35 Å². The number of aromatic carboxylic acids is 2. The van der Waals surface area contributed by atoms with E-state index in [0.29, 0.717) is 21.8 Å². The number of nitrogens with zero attached hydrogens (tertiary/aromatic N) is 2. The normalized spacial score (nSPS) is 10.9. The molecule has 2 aromatic carbocycles. The minimum Gasteiger partial charge on any atom is -0.477 e. The van der Waals surface area contributed by atoms with Crippen LogP contribution in [0, 0.1) is 0 Å². The van der Waals surface area contributed by atoms with Gasteiger partial charge in [0, 0.05) is 10.8 Å². The number of nitrogens with one attached hydrogen (secondary N) is 2. The summed E-state index contributed by atoms with van der Waals surface area (Å²) in [4.78, 5) is 35.6. The molecule has 0 bridgehead atoms. The Morgan fingerprint density at radius 1 is 0.679 bits per heavy atom. The van der Waals surface area contributed by atoms with Gasteiger partial charge in [0.05, 0.1) is 11.0 Å². The maximum absolute atomic E-state index is 12.6. The van der Waals surface area contributed by atoms with Crippen LogP contribution in [0.4, 0.5) is 4.79 Å². The number of hydrogen-bond acceptors (Lipinski definition) is 3. The van der Waals surface area contributed by atoms with Crippen LogP contribution in [0.25, 0.3) is 21.8 Å². The summed E-state index contributed by atoms with van der Waals surface area (Å²) in [7, 11) is 0. The first kappa shape index (κ1) is 17.2. The Kier molecular flexibility index (Phi) is 3.96. The van der Waals surface area contributed by atoms with E-state index in [1.807, 2.05) is 0 Å². The van der Waals surface area contributed by atoms with Gasteiger partial charge in [-0.25, -0.2) is 34.6 Å². The molecule has 0 aliphatic carbocycles. The van der Waals surface area contributed by atoms with Crippen molar-refractivity contribution >= 4 is 39.8 Å². The zero-order chi connectivity index (χ0) is 19.8. The van der Waals surface area contributed by atoms with Crippen LogP contribution in [-0.2, 0) is 0 Å². The molecule has 0 radical (unpaired) electrons. The van der Waals surface area contributed by atoms with Gasteiger partial charge in [-0.2, -0.15) is 0 Å². The Morgan fingerprint density at radius 3 is 1.46 bits per heavy atom. The van der Waals surface area contributed by atoms with Crippen molar-refractivity contribution in [3.8, 4) is 0 Å². The second-order valence-electron chi connectivity index (χ2n) is 6.01. The summed E-state index contributed by atoms with van der Waals surface area (Å²) in [5.41, 5.74) is 5.63. The van der Waals surface area contributed by atoms with Crippen LogP contribution in [0.2, 0.25) is 0 Å². The lowest BCUT2D eigenvalue weighted by molar-refractivity contribution is 0.0677. The van der Waals surface area contributed by atoms with Crippen LogP contribution < -0.4 is 10.9 Å². The molecule has 0 aliphatic heterocycles. The molecule has 28 heavy (non-hydrogen) atoms. The fourth-order valence-corrected chi connectivity index (χ4v) is 3.09. The van der Waals surface area contributed by atoms with Crippen LogP contribution in [0.5, 0.6) is 0 Å². The molecule has 4 N–H and O–H groups in total. The minimum absolute atomic E-state index is 0.132. The van der Waals surface area contributed by atoms with Gasteiger partial charge in [-0.1, -0.05) is 36.4 Å². The number of carbonyl (C=O) groups excluding carboxylic acids is 1. The lowest BCUT2D eigenvalue weighted by Crippen LogP contribution is -2.35. The zero-order valence-corrected chi connectivity index (χ0v) is 14.3. The third-order valence-electron chi connectivity index (χ3n) is 4.29. The first-order valence-corrected chi connectivity index (χ1v) is 8.21. The van der Waals surface area contributed by atoms with Gasteiger partial charge in [0.2, 0.25) is 0 Å². The predicted molar refractivity (Wildman–Crippen MR) is 102 cm³/mol. The molecule has 2 heterocycles. The van der Waals surface area contributed by atoms with Crippen LogP contribution in [0.15, 0.2) is 60.7 Å². The van der Waals surface area contributed by atoms with Gasteiger partial charge < -0.3 is 10.2 Å². The lowest BCUT2D eigenvalue weighted by atomic mass is 10.2. The van der Waals surface area contributed by atoms with E-state index in [1.165, 1.54) is 12.1 Å². The molecule has 0 saturated heterocycles. The molecule has 0 spiro atoms. The summed E-state index contributed by atoms with van der Waals surface area (Å²) in [5, 5.41) is 20.1. The van der Waals surface area contributed by atoms with Crippen molar-refractivity contribution in [2.75, 3.05) is 10.9 Å². The number of fused-ring (bicyclic) bond motifs is 2. The standard InChI is InChI=1S/C19H14N4O5/c24-17(25)15-9-11-5-1-3-7-13(11)22(15)20-19(28)21-23-14-8-4-2-6-12(14)10-16(23)18(26)27/h1-10H,(H,24,25)(H,26,27)(H2,20,21,28). The number of para-hydroxylation sites is 2. The van der Waals surface area contributed by atoms with Crippen LogP contribution in [-0.4, -0.2) is 37.5 Å². The highest BCUT2D eigenvalue weighted by molar-refractivity contribution is 6.00. The molecule has 0 atom stereocenters. The number of carboxylic acids is 2. The Bertz CT molecular complexity index is 1160. The van der Waals surface area contributed by atoms with E-state index < -0.39 is 18.0 Å².